The van der Waals surface area contributed by atoms with Crippen molar-refractivity contribution in [2.24, 2.45) is 0 Å². The second-order valence-corrected chi connectivity index (χ2v) is 3.35. The van der Waals surface area contributed by atoms with E-state index in [0.717, 1.165) is 25.0 Å². The summed E-state index contributed by atoms with van der Waals surface area (Å²) in [4.78, 5) is 0. The van der Waals surface area contributed by atoms with Crippen molar-refractivity contribution in [1.82, 2.24) is 0 Å². The van der Waals surface area contributed by atoms with Crippen LogP contribution in [0.5, 0.6) is 0 Å². The monoisotopic (exact) mass is 172 g/mol. The van der Waals surface area contributed by atoms with Gasteiger partial charge in [-0.2, -0.15) is 0 Å². The number of hydrogen-bond acceptors (Lipinski definition) is 3. The van der Waals surface area contributed by atoms with Crippen LogP contribution in [-0.2, 0) is 4.74 Å². The van der Waals surface area contributed by atoms with E-state index in [1.54, 1.807) is 0 Å². The first-order valence-electron chi connectivity index (χ1n) is 4.35. The Morgan fingerprint density at radius 3 is 2.83 bits per heavy atom. The van der Waals surface area contributed by atoms with Crippen molar-refractivity contribution in [2.75, 3.05) is 6.61 Å². The molecule has 12 heavy (non-hydrogen) atoms. The van der Waals surface area contributed by atoms with Crippen LogP contribution in [0, 0.1) is 0 Å². The van der Waals surface area contributed by atoms with Crippen LogP contribution in [0.2, 0.25) is 0 Å². The van der Waals surface area contributed by atoms with E-state index in [0.29, 0.717) is 0 Å². The highest BCUT2D eigenvalue weighted by Gasteiger charge is 2.22. The minimum Gasteiger partial charge on any atom is -0.465 e. The van der Waals surface area contributed by atoms with Gasteiger partial charge in [-0.1, -0.05) is 0 Å². The molecule has 0 heterocycles. The Balaban J connectivity index is 2.44. The van der Waals surface area contributed by atoms with Crippen LogP contribution in [-0.4, -0.2) is 22.6 Å². The topological polar surface area (TPSA) is 49.7 Å². The molecule has 0 bridgehead atoms. The van der Waals surface area contributed by atoms with Crippen molar-refractivity contribution >= 4 is 0 Å². The average Bonchev–Trinajstić information content (AvgIpc) is 2.06. The van der Waals surface area contributed by atoms with Gasteiger partial charge in [0, 0.05) is 13.3 Å². The number of aliphatic hydroxyl groups excluding tert-OH is 1. The number of hydrogen-bond donors (Lipinski definition) is 2. The summed E-state index contributed by atoms with van der Waals surface area (Å²) in [6.45, 7) is 1.09. The Morgan fingerprint density at radius 2 is 2.33 bits per heavy atom. The van der Waals surface area contributed by atoms with Crippen LogP contribution >= 0.6 is 0 Å². The van der Waals surface area contributed by atoms with Crippen LogP contribution in [0.4, 0.5) is 0 Å². The zero-order chi connectivity index (χ0) is 9.03. The van der Waals surface area contributed by atoms with Gasteiger partial charge in [0.2, 0.25) is 5.79 Å². The number of aliphatic hydroxyl groups is 2. The first kappa shape index (κ1) is 9.55. The summed E-state index contributed by atoms with van der Waals surface area (Å²) >= 11 is 0. The molecule has 0 spiro atoms. The van der Waals surface area contributed by atoms with Gasteiger partial charge in [0.25, 0.3) is 0 Å². The van der Waals surface area contributed by atoms with E-state index >= 15 is 0 Å². The molecule has 1 rings (SSSR count). The molecule has 70 valence electrons. The highest BCUT2D eigenvalue weighted by atomic mass is 16.6. The fourth-order valence-electron chi connectivity index (χ4n) is 1.22. The zero-order valence-electron chi connectivity index (χ0n) is 7.42. The Morgan fingerprint density at radius 1 is 1.58 bits per heavy atom. The van der Waals surface area contributed by atoms with E-state index in [2.05, 4.69) is 0 Å². The van der Waals surface area contributed by atoms with Crippen molar-refractivity contribution in [3.05, 3.63) is 11.8 Å². The summed E-state index contributed by atoms with van der Waals surface area (Å²) in [5, 5.41) is 18.1. The minimum absolute atomic E-state index is 0.371. The molecular weight excluding hydrogens is 156 g/mol. The van der Waals surface area contributed by atoms with E-state index in [1.165, 1.54) is 13.3 Å². The first-order chi connectivity index (χ1) is 5.64. The zero-order valence-corrected chi connectivity index (χ0v) is 7.42. The first-order valence-corrected chi connectivity index (χ1v) is 4.35. The number of allylic oxidation sites excluding steroid dienone is 2. The molecule has 3 heteroatoms. The fourth-order valence-corrected chi connectivity index (χ4v) is 1.22. The van der Waals surface area contributed by atoms with Crippen molar-refractivity contribution < 1.29 is 14.9 Å². The molecule has 0 saturated heterocycles. The van der Waals surface area contributed by atoms with E-state index in [1.807, 2.05) is 6.08 Å². The SMILES string of the molecule is CC(O)(CO)OC1=CCCCC1. The summed E-state index contributed by atoms with van der Waals surface area (Å²) in [6, 6.07) is 0. The van der Waals surface area contributed by atoms with Gasteiger partial charge < -0.3 is 14.9 Å². The largest absolute Gasteiger partial charge is 0.465 e. The maximum Gasteiger partial charge on any atom is 0.228 e. The van der Waals surface area contributed by atoms with Crippen LogP contribution in [0.15, 0.2) is 11.8 Å². The molecule has 0 radical (unpaired) electrons. The highest BCUT2D eigenvalue weighted by Crippen LogP contribution is 2.22. The summed E-state index contributed by atoms with van der Waals surface area (Å²) < 4.78 is 5.19. The number of rotatable bonds is 3. The third kappa shape index (κ3) is 2.83. The lowest BCUT2D eigenvalue weighted by Gasteiger charge is -2.25. The van der Waals surface area contributed by atoms with Crippen molar-refractivity contribution in [3.63, 3.8) is 0 Å². The highest BCUT2D eigenvalue weighted by molar-refractivity contribution is 4.97. The molecule has 0 aromatic heterocycles. The second kappa shape index (κ2) is 3.92. The molecule has 3 nitrogen and oxygen atoms in total. The Kier molecular flexibility index (Phi) is 3.12. The molecule has 0 aliphatic heterocycles. The van der Waals surface area contributed by atoms with Crippen molar-refractivity contribution in [1.29, 1.82) is 0 Å². The van der Waals surface area contributed by atoms with Gasteiger partial charge in [0.1, 0.15) is 6.61 Å². The molecule has 0 aromatic carbocycles. The van der Waals surface area contributed by atoms with Crippen molar-refractivity contribution in [2.45, 2.75) is 38.4 Å². The van der Waals surface area contributed by atoms with E-state index in [4.69, 9.17) is 9.84 Å². The maximum absolute atomic E-state index is 9.36. The van der Waals surface area contributed by atoms with E-state index < -0.39 is 5.79 Å². The van der Waals surface area contributed by atoms with Crippen LogP contribution in [0.3, 0.4) is 0 Å². The lowest BCUT2D eigenvalue weighted by atomic mass is 10.1. The van der Waals surface area contributed by atoms with Gasteiger partial charge in [0.05, 0.1) is 5.76 Å². The molecular formula is C9H16O3. The van der Waals surface area contributed by atoms with E-state index in [9.17, 15) is 5.11 Å². The van der Waals surface area contributed by atoms with Gasteiger partial charge in [-0.05, 0) is 25.3 Å². The van der Waals surface area contributed by atoms with Crippen LogP contribution in [0.1, 0.15) is 32.6 Å². The summed E-state index contributed by atoms with van der Waals surface area (Å²) in [6.07, 6.45) is 6.15. The van der Waals surface area contributed by atoms with Crippen LogP contribution in [0.25, 0.3) is 0 Å². The standard InChI is InChI=1S/C9H16O3/c1-9(11,7-10)12-8-5-3-2-4-6-8/h5,10-11H,2-4,6-7H2,1H3. The third-order valence-electron chi connectivity index (χ3n) is 1.89. The minimum atomic E-state index is -1.41. The van der Waals surface area contributed by atoms with Gasteiger partial charge in [-0.15, -0.1) is 0 Å². The lowest BCUT2D eigenvalue weighted by Crippen LogP contribution is -2.32. The quantitative estimate of drug-likeness (QED) is 0.628. The molecule has 1 atom stereocenters. The third-order valence-corrected chi connectivity index (χ3v) is 1.89. The van der Waals surface area contributed by atoms with E-state index in [-0.39, 0.29) is 6.61 Å². The van der Waals surface area contributed by atoms with Gasteiger partial charge in [-0.25, -0.2) is 0 Å². The molecule has 0 saturated carbocycles. The molecule has 0 aromatic rings. The van der Waals surface area contributed by atoms with Crippen molar-refractivity contribution in [3.8, 4) is 0 Å². The molecule has 0 amide bonds. The molecule has 0 fully saturated rings. The smallest absolute Gasteiger partial charge is 0.228 e. The van der Waals surface area contributed by atoms with Gasteiger partial charge >= 0.3 is 0 Å². The van der Waals surface area contributed by atoms with Gasteiger partial charge in [-0.3, -0.25) is 0 Å². The molecule has 1 unspecified atom stereocenters. The maximum atomic E-state index is 9.36. The molecule has 2 N–H and O–H groups in total. The molecule has 1 aliphatic carbocycles. The Hall–Kier alpha value is -0.540. The fraction of sp³-hybridized carbons (Fsp3) is 0.778. The number of ether oxygens (including phenoxy) is 1. The average molecular weight is 172 g/mol. The summed E-state index contributed by atoms with van der Waals surface area (Å²) in [7, 11) is 0. The van der Waals surface area contributed by atoms with Crippen LogP contribution < -0.4 is 0 Å². The summed E-state index contributed by atoms with van der Waals surface area (Å²) in [5.41, 5.74) is 0. The normalized spacial score (nSPS) is 22.8. The predicted octanol–water partition coefficient (Wildman–Crippen LogP) is 1.16. The molecule has 1 aliphatic rings. The summed E-state index contributed by atoms with van der Waals surface area (Å²) in [5.74, 6) is -0.608. The lowest BCUT2D eigenvalue weighted by molar-refractivity contribution is -0.188. The Labute approximate surface area is 72.7 Å². The Bertz CT molecular complexity index is 173. The van der Waals surface area contributed by atoms with Gasteiger partial charge in [0.15, 0.2) is 0 Å². The second-order valence-electron chi connectivity index (χ2n) is 3.35. The predicted molar refractivity (Wildman–Crippen MR) is 45.3 cm³/mol.